The number of nitrogens with one attached hydrogen (secondary N) is 1. The largest absolute Gasteiger partial charge is 0.465 e. The molecule has 0 atom stereocenters. The Morgan fingerprint density at radius 2 is 2.04 bits per heavy atom. The van der Waals surface area contributed by atoms with Gasteiger partial charge in [-0.3, -0.25) is 4.79 Å². The van der Waals surface area contributed by atoms with E-state index in [1.165, 1.54) is 18.4 Å². The summed E-state index contributed by atoms with van der Waals surface area (Å²) in [5, 5.41) is 8.32. The van der Waals surface area contributed by atoms with Crippen LogP contribution in [-0.4, -0.2) is 24.1 Å². The van der Waals surface area contributed by atoms with E-state index in [1.807, 2.05) is 30.3 Å². The average Bonchev–Trinajstić information content (AvgIpc) is 3.24. The minimum atomic E-state index is -0.479. The van der Waals surface area contributed by atoms with Crippen LogP contribution >= 0.6 is 11.3 Å². The van der Waals surface area contributed by atoms with Crippen molar-refractivity contribution in [3.63, 3.8) is 0 Å². The van der Waals surface area contributed by atoms with Crippen molar-refractivity contribution in [1.82, 2.24) is 5.16 Å². The number of rotatable bonds is 5. The normalized spacial score (nSPS) is 10.4. The standard InChI is InChI=1S/C17H14N2O4S/c1-22-17(21)16-13(7-8-24-16)18-15(20)10-12-9-14(23-19-12)11-5-3-2-4-6-11/h2-9H,10H2,1H3,(H,18,20). The van der Waals surface area contributed by atoms with Crippen LogP contribution in [0, 0.1) is 0 Å². The Hall–Kier alpha value is -2.93. The molecule has 3 rings (SSSR count). The number of hydrogen-bond donors (Lipinski definition) is 1. The van der Waals surface area contributed by atoms with Crippen molar-refractivity contribution in [2.24, 2.45) is 0 Å². The van der Waals surface area contributed by atoms with Gasteiger partial charge in [-0.05, 0) is 11.4 Å². The smallest absolute Gasteiger partial charge is 0.350 e. The molecule has 1 N–H and O–H groups in total. The molecule has 0 spiro atoms. The molecule has 0 saturated carbocycles. The summed E-state index contributed by atoms with van der Waals surface area (Å²) in [5.74, 6) is -0.163. The molecule has 0 aliphatic carbocycles. The Kier molecular flexibility index (Phi) is 4.72. The molecule has 2 heterocycles. The SMILES string of the molecule is COC(=O)c1sccc1NC(=O)Cc1cc(-c2ccccc2)on1. The molecule has 0 aliphatic rings. The fraction of sp³-hybridized carbons (Fsp3) is 0.118. The highest BCUT2D eigenvalue weighted by molar-refractivity contribution is 7.12. The number of aromatic nitrogens is 1. The highest BCUT2D eigenvalue weighted by Crippen LogP contribution is 2.24. The molecule has 122 valence electrons. The van der Waals surface area contributed by atoms with Crippen molar-refractivity contribution in [3.05, 3.63) is 58.4 Å². The molecular weight excluding hydrogens is 328 g/mol. The minimum absolute atomic E-state index is 0.0484. The second-order valence-electron chi connectivity index (χ2n) is 4.93. The summed E-state index contributed by atoms with van der Waals surface area (Å²) in [6.07, 6.45) is 0.0484. The van der Waals surface area contributed by atoms with Crippen molar-refractivity contribution < 1.29 is 18.8 Å². The Balaban J connectivity index is 1.67. The zero-order chi connectivity index (χ0) is 16.9. The second kappa shape index (κ2) is 7.10. The maximum atomic E-state index is 12.1. The number of methoxy groups -OCH3 is 1. The molecule has 0 radical (unpaired) electrons. The van der Waals surface area contributed by atoms with Crippen LogP contribution in [0.3, 0.4) is 0 Å². The molecule has 0 fully saturated rings. The highest BCUT2D eigenvalue weighted by atomic mass is 32.1. The van der Waals surface area contributed by atoms with Crippen molar-refractivity contribution in [3.8, 4) is 11.3 Å². The lowest BCUT2D eigenvalue weighted by molar-refractivity contribution is -0.115. The Morgan fingerprint density at radius 1 is 1.25 bits per heavy atom. The van der Waals surface area contributed by atoms with Gasteiger partial charge >= 0.3 is 5.97 Å². The van der Waals surface area contributed by atoms with Gasteiger partial charge in [0, 0.05) is 11.6 Å². The molecule has 0 bridgehead atoms. The third-order valence-electron chi connectivity index (χ3n) is 3.27. The topological polar surface area (TPSA) is 81.4 Å². The van der Waals surface area contributed by atoms with Crippen molar-refractivity contribution in [1.29, 1.82) is 0 Å². The first kappa shape index (κ1) is 15.9. The number of thiophene rings is 1. The van der Waals surface area contributed by atoms with Gasteiger partial charge in [0.25, 0.3) is 0 Å². The zero-order valence-electron chi connectivity index (χ0n) is 12.8. The van der Waals surface area contributed by atoms with Crippen molar-refractivity contribution in [2.45, 2.75) is 6.42 Å². The second-order valence-corrected chi connectivity index (χ2v) is 5.84. The Labute approximate surface area is 142 Å². The van der Waals surface area contributed by atoms with E-state index in [-0.39, 0.29) is 12.3 Å². The quantitative estimate of drug-likeness (QED) is 0.719. The summed E-state index contributed by atoms with van der Waals surface area (Å²) in [4.78, 5) is 24.1. The lowest BCUT2D eigenvalue weighted by atomic mass is 10.1. The number of carbonyl (C=O) groups is 2. The minimum Gasteiger partial charge on any atom is -0.465 e. The fourth-order valence-corrected chi connectivity index (χ4v) is 2.92. The Bertz CT molecular complexity index is 854. The van der Waals surface area contributed by atoms with E-state index in [4.69, 9.17) is 4.52 Å². The monoisotopic (exact) mass is 342 g/mol. The molecular formula is C17H14N2O4S. The first-order chi connectivity index (χ1) is 11.7. The number of nitrogens with zero attached hydrogens (tertiary/aromatic N) is 1. The highest BCUT2D eigenvalue weighted by Gasteiger charge is 2.17. The molecule has 1 aromatic carbocycles. The maximum Gasteiger partial charge on any atom is 0.350 e. The summed E-state index contributed by atoms with van der Waals surface area (Å²) in [6, 6.07) is 12.9. The molecule has 7 heteroatoms. The average molecular weight is 342 g/mol. The molecule has 1 amide bonds. The predicted octanol–water partition coefficient (Wildman–Crippen LogP) is 3.37. The fourth-order valence-electron chi connectivity index (χ4n) is 2.15. The summed E-state index contributed by atoms with van der Waals surface area (Å²) >= 11 is 1.21. The van der Waals surface area contributed by atoms with Gasteiger partial charge in [-0.2, -0.15) is 0 Å². The van der Waals surface area contributed by atoms with Crippen LogP contribution in [-0.2, 0) is 16.0 Å². The molecule has 3 aromatic rings. The summed E-state index contributed by atoms with van der Waals surface area (Å²) in [6.45, 7) is 0. The van der Waals surface area contributed by atoms with Crippen LogP contribution in [0.25, 0.3) is 11.3 Å². The maximum absolute atomic E-state index is 12.1. The van der Waals surface area contributed by atoms with Crippen LogP contribution < -0.4 is 5.32 Å². The number of ether oxygens (including phenoxy) is 1. The number of amides is 1. The van der Waals surface area contributed by atoms with Gasteiger partial charge in [0.1, 0.15) is 4.88 Å². The summed E-state index contributed by atoms with van der Waals surface area (Å²) in [5.41, 5.74) is 1.84. The predicted molar refractivity (Wildman–Crippen MR) is 89.9 cm³/mol. The molecule has 0 saturated heterocycles. The van der Waals surface area contributed by atoms with Crippen molar-refractivity contribution >= 4 is 28.9 Å². The van der Waals surface area contributed by atoms with Gasteiger partial charge in [-0.1, -0.05) is 35.5 Å². The van der Waals surface area contributed by atoms with Crippen LogP contribution in [0.2, 0.25) is 0 Å². The van der Waals surface area contributed by atoms with E-state index in [0.29, 0.717) is 22.0 Å². The lowest BCUT2D eigenvalue weighted by Crippen LogP contribution is -2.16. The zero-order valence-corrected chi connectivity index (χ0v) is 13.6. The van der Waals surface area contributed by atoms with E-state index in [1.54, 1.807) is 17.5 Å². The molecule has 0 unspecified atom stereocenters. The molecule has 0 aliphatic heterocycles. The van der Waals surface area contributed by atoms with Crippen molar-refractivity contribution in [2.75, 3.05) is 12.4 Å². The molecule has 24 heavy (non-hydrogen) atoms. The van der Waals surface area contributed by atoms with Crippen LogP contribution in [0.5, 0.6) is 0 Å². The van der Waals surface area contributed by atoms with Gasteiger partial charge in [0.2, 0.25) is 5.91 Å². The molecule has 2 aromatic heterocycles. The van der Waals surface area contributed by atoms with Gasteiger partial charge in [-0.25, -0.2) is 4.79 Å². The number of hydrogen-bond acceptors (Lipinski definition) is 6. The third-order valence-corrected chi connectivity index (χ3v) is 4.16. The van der Waals surface area contributed by atoms with E-state index < -0.39 is 5.97 Å². The van der Waals surface area contributed by atoms with E-state index >= 15 is 0 Å². The van der Waals surface area contributed by atoms with Gasteiger partial charge in [-0.15, -0.1) is 11.3 Å². The lowest BCUT2D eigenvalue weighted by Gasteiger charge is -2.04. The van der Waals surface area contributed by atoms with Crippen LogP contribution in [0.15, 0.2) is 52.4 Å². The van der Waals surface area contributed by atoms with E-state index in [2.05, 4.69) is 15.2 Å². The first-order valence-corrected chi connectivity index (χ1v) is 8.02. The van der Waals surface area contributed by atoms with Gasteiger partial charge < -0.3 is 14.6 Å². The van der Waals surface area contributed by atoms with Gasteiger partial charge in [0.15, 0.2) is 5.76 Å². The number of carbonyl (C=O) groups excluding carboxylic acids is 2. The summed E-state index contributed by atoms with van der Waals surface area (Å²) < 4.78 is 9.94. The summed E-state index contributed by atoms with van der Waals surface area (Å²) in [7, 11) is 1.30. The van der Waals surface area contributed by atoms with Gasteiger partial charge in [0.05, 0.1) is 24.9 Å². The number of anilines is 1. The van der Waals surface area contributed by atoms with Crippen LogP contribution in [0.4, 0.5) is 5.69 Å². The Morgan fingerprint density at radius 3 is 2.79 bits per heavy atom. The molecule has 6 nitrogen and oxygen atoms in total. The first-order valence-electron chi connectivity index (χ1n) is 7.14. The number of esters is 1. The van der Waals surface area contributed by atoms with Crippen LogP contribution in [0.1, 0.15) is 15.4 Å². The van der Waals surface area contributed by atoms with E-state index in [0.717, 1.165) is 5.56 Å². The van der Waals surface area contributed by atoms with E-state index in [9.17, 15) is 9.59 Å². The number of benzene rings is 1. The third kappa shape index (κ3) is 3.52.